The maximum absolute atomic E-state index is 11.1. The molecular weight excluding hydrogens is 234 g/mol. The molecule has 0 saturated heterocycles. The summed E-state index contributed by atoms with van der Waals surface area (Å²) < 4.78 is 33.8. The van der Waals surface area contributed by atoms with Gasteiger partial charge in [0.2, 0.25) is 5.52 Å². The highest BCUT2D eigenvalue weighted by Gasteiger charge is 2.28. The molecule has 1 aromatic carbocycles. The van der Waals surface area contributed by atoms with Gasteiger partial charge in [-0.15, -0.1) is 0 Å². The number of hydrogen-bond donors (Lipinski definition) is 1. The van der Waals surface area contributed by atoms with Crippen LogP contribution in [0.3, 0.4) is 0 Å². The molecule has 0 aliphatic heterocycles. The van der Waals surface area contributed by atoms with E-state index in [1.54, 1.807) is 4.57 Å². The van der Waals surface area contributed by atoms with E-state index in [1.807, 2.05) is 31.2 Å². The molecule has 80 valence electrons. The molecule has 1 N–H and O–H groups in total. The third kappa shape index (κ3) is 1.75. The van der Waals surface area contributed by atoms with E-state index in [0.29, 0.717) is 6.54 Å². The Morgan fingerprint density at radius 2 is 2.07 bits per heavy atom. The van der Waals surface area contributed by atoms with E-state index in [4.69, 9.17) is 4.55 Å². The number of hydrogen-bond acceptors (Lipinski definition) is 3. The lowest BCUT2D eigenvalue weighted by Crippen LogP contribution is -2.36. The van der Waals surface area contributed by atoms with Gasteiger partial charge in [-0.05, 0) is 24.3 Å². The fourth-order valence-electron chi connectivity index (χ4n) is 1.51. The maximum atomic E-state index is 11.1. The van der Waals surface area contributed by atoms with E-state index in [1.165, 1.54) is 0 Å². The SMILES string of the molecule is CC[n+]1c(S(=O)(=O)O)sc2ccccc21. The summed E-state index contributed by atoms with van der Waals surface area (Å²) in [7, 11) is -4.13. The first kappa shape index (κ1) is 10.5. The van der Waals surface area contributed by atoms with Crippen LogP contribution in [0.15, 0.2) is 28.6 Å². The van der Waals surface area contributed by atoms with Crippen molar-refractivity contribution in [3.05, 3.63) is 24.3 Å². The zero-order valence-corrected chi connectivity index (χ0v) is 9.68. The predicted molar refractivity (Wildman–Crippen MR) is 57.5 cm³/mol. The zero-order chi connectivity index (χ0) is 11.1. The highest BCUT2D eigenvalue weighted by atomic mass is 32.3. The summed E-state index contributed by atoms with van der Waals surface area (Å²) in [5.74, 6) is 0. The molecule has 2 rings (SSSR count). The molecule has 0 amide bonds. The largest absolute Gasteiger partial charge is 0.382 e. The van der Waals surface area contributed by atoms with Gasteiger partial charge in [0.15, 0.2) is 0 Å². The Morgan fingerprint density at radius 1 is 1.40 bits per heavy atom. The van der Waals surface area contributed by atoms with Crippen LogP contribution in [-0.4, -0.2) is 13.0 Å². The summed E-state index contributed by atoms with van der Waals surface area (Å²) in [6.45, 7) is 2.35. The fraction of sp³-hybridized carbons (Fsp3) is 0.222. The standard InChI is InChI=1S/C9H9NO3S2/c1-2-10-7-5-3-4-6-8(7)14-9(10)15(11,12)13/h3-6H,2H2,1H3/p+1. The Bertz CT molecular complexity index is 601. The van der Waals surface area contributed by atoms with Crippen LogP contribution < -0.4 is 4.57 Å². The van der Waals surface area contributed by atoms with Crippen molar-refractivity contribution in [2.45, 2.75) is 17.8 Å². The number of rotatable bonds is 2. The van der Waals surface area contributed by atoms with Gasteiger partial charge in [-0.1, -0.05) is 12.1 Å². The molecule has 4 nitrogen and oxygen atoms in total. The quantitative estimate of drug-likeness (QED) is 0.642. The Balaban J connectivity index is 2.87. The van der Waals surface area contributed by atoms with Gasteiger partial charge in [0.1, 0.15) is 11.2 Å². The Kier molecular flexibility index (Phi) is 2.49. The minimum Gasteiger partial charge on any atom is -0.277 e. The predicted octanol–water partition coefficient (Wildman–Crippen LogP) is 1.46. The van der Waals surface area contributed by atoms with Crippen LogP contribution in [0.2, 0.25) is 0 Å². The molecule has 0 aliphatic rings. The van der Waals surface area contributed by atoms with Crippen molar-refractivity contribution in [2.75, 3.05) is 0 Å². The van der Waals surface area contributed by atoms with Crippen molar-refractivity contribution >= 4 is 31.7 Å². The second-order valence-corrected chi connectivity index (χ2v) is 5.68. The van der Waals surface area contributed by atoms with Gasteiger partial charge >= 0.3 is 14.5 Å². The van der Waals surface area contributed by atoms with Crippen LogP contribution in [-0.2, 0) is 16.7 Å². The first-order valence-electron chi connectivity index (χ1n) is 4.43. The smallest absolute Gasteiger partial charge is 0.277 e. The van der Waals surface area contributed by atoms with Gasteiger partial charge in [0, 0.05) is 6.07 Å². The second kappa shape index (κ2) is 3.55. The highest BCUT2D eigenvalue weighted by Crippen LogP contribution is 2.23. The number of aryl methyl sites for hydroxylation is 1. The number of para-hydroxylation sites is 1. The molecular formula is C9H10NO3S2+. The van der Waals surface area contributed by atoms with Gasteiger partial charge in [-0.2, -0.15) is 13.0 Å². The van der Waals surface area contributed by atoms with E-state index in [2.05, 4.69) is 0 Å². The second-order valence-electron chi connectivity index (χ2n) is 3.06. The van der Waals surface area contributed by atoms with Crippen molar-refractivity contribution in [3.8, 4) is 0 Å². The summed E-state index contributed by atoms with van der Waals surface area (Å²) in [4.78, 5) is 0. The number of thiazole rings is 1. The first-order chi connectivity index (χ1) is 7.04. The van der Waals surface area contributed by atoms with E-state index < -0.39 is 10.1 Å². The number of aromatic nitrogens is 1. The van der Waals surface area contributed by atoms with Crippen LogP contribution >= 0.6 is 11.3 Å². The molecule has 2 aromatic rings. The fourth-order valence-corrected chi connectivity index (χ4v) is 3.66. The van der Waals surface area contributed by atoms with Crippen LogP contribution in [0.4, 0.5) is 0 Å². The molecule has 0 spiro atoms. The van der Waals surface area contributed by atoms with Crippen LogP contribution in [0.1, 0.15) is 6.92 Å². The Morgan fingerprint density at radius 3 is 2.67 bits per heavy atom. The van der Waals surface area contributed by atoms with Gasteiger partial charge < -0.3 is 0 Å². The zero-order valence-electron chi connectivity index (χ0n) is 8.04. The molecule has 0 aliphatic carbocycles. The maximum Gasteiger partial charge on any atom is 0.382 e. The molecule has 0 saturated carbocycles. The topological polar surface area (TPSA) is 58.2 Å². The minimum atomic E-state index is -4.13. The van der Waals surface area contributed by atoms with Crippen LogP contribution in [0, 0.1) is 0 Å². The third-order valence-corrected chi connectivity index (χ3v) is 4.61. The van der Waals surface area contributed by atoms with E-state index >= 15 is 0 Å². The summed E-state index contributed by atoms with van der Waals surface area (Å²) in [6.07, 6.45) is 0. The summed E-state index contributed by atoms with van der Waals surface area (Å²) >= 11 is 1.08. The molecule has 1 aromatic heterocycles. The molecule has 0 bridgehead atoms. The lowest BCUT2D eigenvalue weighted by molar-refractivity contribution is -0.700. The third-order valence-electron chi connectivity index (χ3n) is 2.11. The average molecular weight is 244 g/mol. The normalized spacial score (nSPS) is 12.1. The molecule has 0 fully saturated rings. The van der Waals surface area contributed by atoms with Crippen molar-refractivity contribution in [3.63, 3.8) is 0 Å². The lowest BCUT2D eigenvalue weighted by atomic mass is 10.3. The first-order valence-corrected chi connectivity index (χ1v) is 6.68. The van der Waals surface area contributed by atoms with Gasteiger partial charge in [-0.25, -0.2) is 0 Å². The van der Waals surface area contributed by atoms with Crippen molar-refractivity contribution in [1.82, 2.24) is 0 Å². The molecule has 6 heteroatoms. The van der Waals surface area contributed by atoms with E-state index in [9.17, 15) is 8.42 Å². The highest BCUT2D eigenvalue weighted by molar-refractivity contribution is 7.88. The number of fused-ring (bicyclic) bond motifs is 1. The average Bonchev–Trinajstić information content (AvgIpc) is 2.55. The van der Waals surface area contributed by atoms with Crippen molar-refractivity contribution in [1.29, 1.82) is 0 Å². The number of benzene rings is 1. The molecule has 15 heavy (non-hydrogen) atoms. The van der Waals surface area contributed by atoms with Crippen LogP contribution in [0.25, 0.3) is 10.2 Å². The summed E-state index contributed by atoms with van der Waals surface area (Å²) in [6, 6.07) is 7.35. The summed E-state index contributed by atoms with van der Waals surface area (Å²) in [5, 5.41) is 0. The van der Waals surface area contributed by atoms with Gasteiger partial charge in [0.25, 0.3) is 0 Å². The van der Waals surface area contributed by atoms with Crippen molar-refractivity contribution < 1.29 is 17.5 Å². The minimum absolute atomic E-state index is 0.00815. The van der Waals surface area contributed by atoms with Gasteiger partial charge in [-0.3, -0.25) is 4.55 Å². The molecule has 0 unspecified atom stereocenters. The molecule has 0 radical (unpaired) electrons. The monoisotopic (exact) mass is 244 g/mol. The lowest BCUT2D eigenvalue weighted by Gasteiger charge is -1.91. The Hall–Kier alpha value is -0.980. The molecule has 1 heterocycles. The summed E-state index contributed by atoms with van der Waals surface area (Å²) in [5.41, 5.74) is 0.831. The van der Waals surface area contributed by atoms with Gasteiger partial charge in [0.05, 0.1) is 0 Å². The van der Waals surface area contributed by atoms with E-state index in [0.717, 1.165) is 21.6 Å². The number of nitrogens with zero attached hydrogens (tertiary/aromatic N) is 1. The molecule has 0 atom stereocenters. The van der Waals surface area contributed by atoms with Crippen molar-refractivity contribution in [2.24, 2.45) is 0 Å². The Labute approximate surface area is 91.5 Å². The van der Waals surface area contributed by atoms with Crippen LogP contribution in [0.5, 0.6) is 0 Å². The van der Waals surface area contributed by atoms with E-state index in [-0.39, 0.29) is 4.34 Å².